The fourth-order valence-electron chi connectivity index (χ4n) is 2.76. The molecule has 20 heavy (non-hydrogen) atoms. The molecule has 0 saturated carbocycles. The molecular weight excluding hydrogens is 258 g/mol. The molecule has 0 aliphatic carbocycles. The van der Waals surface area contributed by atoms with E-state index in [4.69, 9.17) is 9.47 Å². The molecule has 0 radical (unpaired) electrons. The number of ether oxygens (including phenoxy) is 2. The number of amides is 1. The molecular formula is C15H19NO4. The van der Waals surface area contributed by atoms with Crippen LogP contribution in [0, 0.1) is 6.92 Å². The van der Waals surface area contributed by atoms with Crippen molar-refractivity contribution in [3.8, 4) is 5.75 Å². The van der Waals surface area contributed by atoms with Crippen molar-refractivity contribution in [3.05, 3.63) is 29.3 Å². The van der Waals surface area contributed by atoms with Gasteiger partial charge in [0, 0.05) is 31.5 Å². The van der Waals surface area contributed by atoms with Gasteiger partial charge in [-0.2, -0.15) is 0 Å². The SMILES string of the molecule is Cc1ccc(C(=O)N2CCC3(CC2)OCCO3)cc1O. The number of hydrogen-bond donors (Lipinski definition) is 1. The number of rotatable bonds is 1. The normalized spacial score (nSPS) is 21.4. The van der Waals surface area contributed by atoms with E-state index in [0.29, 0.717) is 44.7 Å². The van der Waals surface area contributed by atoms with Crippen LogP contribution in [0.25, 0.3) is 0 Å². The zero-order valence-corrected chi connectivity index (χ0v) is 11.6. The average Bonchev–Trinajstić information content (AvgIpc) is 2.90. The Labute approximate surface area is 118 Å². The molecule has 2 fully saturated rings. The molecule has 1 N–H and O–H groups in total. The molecule has 2 saturated heterocycles. The standard InChI is InChI=1S/C15H19NO4/c1-11-2-3-12(10-13(11)17)14(18)16-6-4-15(5-7-16)19-8-9-20-15/h2-3,10,17H,4-9H2,1H3. The molecule has 108 valence electrons. The van der Waals surface area contributed by atoms with Gasteiger partial charge in [0.05, 0.1) is 13.2 Å². The first kappa shape index (κ1) is 13.4. The second-order valence-corrected chi connectivity index (χ2v) is 5.40. The van der Waals surface area contributed by atoms with E-state index in [1.807, 2.05) is 6.92 Å². The number of benzene rings is 1. The van der Waals surface area contributed by atoms with Crippen molar-refractivity contribution in [2.75, 3.05) is 26.3 Å². The van der Waals surface area contributed by atoms with Gasteiger partial charge >= 0.3 is 0 Å². The molecule has 5 heteroatoms. The molecule has 1 aromatic carbocycles. The summed E-state index contributed by atoms with van der Waals surface area (Å²) in [6.07, 6.45) is 1.41. The second-order valence-electron chi connectivity index (χ2n) is 5.40. The summed E-state index contributed by atoms with van der Waals surface area (Å²) in [5, 5.41) is 9.70. The lowest BCUT2D eigenvalue weighted by atomic mass is 10.0. The highest BCUT2D eigenvalue weighted by Gasteiger charge is 2.40. The van der Waals surface area contributed by atoms with Crippen LogP contribution in [0.2, 0.25) is 0 Å². The lowest BCUT2D eigenvalue weighted by molar-refractivity contribution is -0.181. The Morgan fingerprint density at radius 1 is 1.25 bits per heavy atom. The quantitative estimate of drug-likeness (QED) is 0.848. The number of piperidine rings is 1. The van der Waals surface area contributed by atoms with Crippen molar-refractivity contribution in [2.24, 2.45) is 0 Å². The number of likely N-dealkylation sites (tertiary alicyclic amines) is 1. The number of phenols is 1. The minimum Gasteiger partial charge on any atom is -0.508 e. The van der Waals surface area contributed by atoms with Crippen LogP contribution in [-0.2, 0) is 9.47 Å². The Bertz CT molecular complexity index is 513. The molecule has 1 spiro atoms. The predicted molar refractivity (Wildman–Crippen MR) is 72.6 cm³/mol. The van der Waals surface area contributed by atoms with E-state index in [1.165, 1.54) is 6.07 Å². The van der Waals surface area contributed by atoms with E-state index >= 15 is 0 Å². The van der Waals surface area contributed by atoms with Gasteiger partial charge in [-0.15, -0.1) is 0 Å². The summed E-state index contributed by atoms with van der Waals surface area (Å²) in [7, 11) is 0. The second kappa shape index (κ2) is 5.07. The van der Waals surface area contributed by atoms with Gasteiger partial charge in [0.1, 0.15) is 5.75 Å². The third kappa shape index (κ3) is 2.39. The van der Waals surface area contributed by atoms with Crippen molar-refractivity contribution in [3.63, 3.8) is 0 Å². The Kier molecular flexibility index (Phi) is 3.40. The summed E-state index contributed by atoms with van der Waals surface area (Å²) in [4.78, 5) is 14.2. The number of aryl methyl sites for hydroxylation is 1. The summed E-state index contributed by atoms with van der Waals surface area (Å²) in [5.74, 6) is -0.355. The molecule has 0 aromatic heterocycles. The molecule has 1 amide bonds. The third-order valence-electron chi connectivity index (χ3n) is 4.08. The topological polar surface area (TPSA) is 59.0 Å². The number of aromatic hydroxyl groups is 1. The van der Waals surface area contributed by atoms with Gasteiger partial charge in [0.25, 0.3) is 5.91 Å². The predicted octanol–water partition coefficient (Wildman–Crippen LogP) is 1.68. The number of carbonyl (C=O) groups excluding carboxylic acids is 1. The van der Waals surface area contributed by atoms with Crippen LogP contribution in [0.4, 0.5) is 0 Å². The maximum Gasteiger partial charge on any atom is 0.253 e. The molecule has 0 atom stereocenters. The summed E-state index contributed by atoms with van der Waals surface area (Å²) in [6.45, 7) is 4.32. The van der Waals surface area contributed by atoms with Crippen LogP contribution in [0.5, 0.6) is 5.75 Å². The Hall–Kier alpha value is -1.59. The van der Waals surface area contributed by atoms with Crippen molar-refractivity contribution in [1.82, 2.24) is 4.90 Å². The lowest BCUT2D eigenvalue weighted by Crippen LogP contribution is -2.47. The number of phenolic OH excluding ortho intramolecular Hbond substituents is 1. The zero-order chi connectivity index (χ0) is 14.2. The Balaban J connectivity index is 1.68. The number of nitrogens with zero attached hydrogens (tertiary/aromatic N) is 1. The van der Waals surface area contributed by atoms with E-state index in [0.717, 1.165) is 5.56 Å². The van der Waals surface area contributed by atoms with E-state index in [9.17, 15) is 9.90 Å². The molecule has 5 nitrogen and oxygen atoms in total. The molecule has 2 heterocycles. The van der Waals surface area contributed by atoms with Gasteiger partial charge in [-0.25, -0.2) is 0 Å². The smallest absolute Gasteiger partial charge is 0.253 e. The largest absolute Gasteiger partial charge is 0.508 e. The summed E-state index contributed by atoms with van der Waals surface area (Å²) in [5.41, 5.74) is 1.30. The fourth-order valence-corrected chi connectivity index (χ4v) is 2.76. The minimum atomic E-state index is -0.466. The first-order valence-corrected chi connectivity index (χ1v) is 6.96. The van der Waals surface area contributed by atoms with Crippen LogP contribution in [0.3, 0.4) is 0 Å². The van der Waals surface area contributed by atoms with E-state index < -0.39 is 5.79 Å². The summed E-state index contributed by atoms with van der Waals surface area (Å²) in [6, 6.07) is 5.05. The van der Waals surface area contributed by atoms with Crippen LogP contribution >= 0.6 is 0 Å². The van der Waals surface area contributed by atoms with E-state index in [-0.39, 0.29) is 11.7 Å². The fraction of sp³-hybridized carbons (Fsp3) is 0.533. The third-order valence-corrected chi connectivity index (χ3v) is 4.08. The zero-order valence-electron chi connectivity index (χ0n) is 11.6. The highest BCUT2D eigenvalue weighted by atomic mass is 16.7. The van der Waals surface area contributed by atoms with Gasteiger partial charge in [-0.3, -0.25) is 4.79 Å². The van der Waals surface area contributed by atoms with Crippen LogP contribution in [0.1, 0.15) is 28.8 Å². The van der Waals surface area contributed by atoms with Gasteiger partial charge in [-0.1, -0.05) is 6.07 Å². The van der Waals surface area contributed by atoms with Crippen LogP contribution < -0.4 is 0 Å². The average molecular weight is 277 g/mol. The maximum absolute atomic E-state index is 12.4. The van der Waals surface area contributed by atoms with Crippen LogP contribution in [0.15, 0.2) is 18.2 Å². The summed E-state index contributed by atoms with van der Waals surface area (Å²) < 4.78 is 11.3. The molecule has 3 rings (SSSR count). The highest BCUT2D eigenvalue weighted by Crippen LogP contribution is 2.32. The summed E-state index contributed by atoms with van der Waals surface area (Å²) >= 11 is 0. The molecule has 1 aromatic rings. The van der Waals surface area contributed by atoms with Crippen molar-refractivity contribution < 1.29 is 19.4 Å². The molecule has 2 aliphatic rings. The van der Waals surface area contributed by atoms with Gasteiger partial charge in [0.15, 0.2) is 5.79 Å². The molecule has 0 unspecified atom stereocenters. The molecule has 0 bridgehead atoms. The van der Waals surface area contributed by atoms with Gasteiger partial charge in [0.2, 0.25) is 0 Å². The first-order chi connectivity index (χ1) is 9.60. The molecule has 2 aliphatic heterocycles. The van der Waals surface area contributed by atoms with Crippen molar-refractivity contribution in [2.45, 2.75) is 25.6 Å². The monoisotopic (exact) mass is 277 g/mol. The van der Waals surface area contributed by atoms with Crippen molar-refractivity contribution >= 4 is 5.91 Å². The Morgan fingerprint density at radius 3 is 2.50 bits per heavy atom. The first-order valence-electron chi connectivity index (χ1n) is 6.96. The van der Waals surface area contributed by atoms with Crippen LogP contribution in [-0.4, -0.2) is 48.0 Å². The lowest BCUT2D eigenvalue weighted by Gasteiger charge is -2.37. The van der Waals surface area contributed by atoms with E-state index in [2.05, 4.69) is 0 Å². The van der Waals surface area contributed by atoms with E-state index in [1.54, 1.807) is 17.0 Å². The number of carbonyl (C=O) groups is 1. The van der Waals surface area contributed by atoms with Gasteiger partial charge in [-0.05, 0) is 24.6 Å². The highest BCUT2D eigenvalue weighted by molar-refractivity contribution is 5.94. The minimum absolute atomic E-state index is 0.0480. The Morgan fingerprint density at radius 2 is 1.90 bits per heavy atom. The van der Waals surface area contributed by atoms with Crippen molar-refractivity contribution in [1.29, 1.82) is 0 Å². The number of hydrogen-bond acceptors (Lipinski definition) is 4. The van der Waals surface area contributed by atoms with Gasteiger partial charge < -0.3 is 19.5 Å². The maximum atomic E-state index is 12.4.